The fraction of sp³-hybridized carbons (Fsp3) is 0.583. The van der Waals surface area contributed by atoms with Crippen molar-refractivity contribution in [3.63, 3.8) is 0 Å². The minimum absolute atomic E-state index is 0.488. The van der Waals surface area contributed by atoms with Crippen molar-refractivity contribution in [3.05, 3.63) is 22.7 Å². The highest BCUT2D eigenvalue weighted by Gasteiger charge is 2.20. The first-order chi connectivity index (χ1) is 8.24. The van der Waals surface area contributed by atoms with Crippen LogP contribution in [0.15, 0.2) is 6.07 Å². The van der Waals surface area contributed by atoms with E-state index in [1.165, 1.54) is 32.1 Å². The van der Waals surface area contributed by atoms with Crippen molar-refractivity contribution < 1.29 is 0 Å². The molecule has 3 rings (SSSR count). The molecule has 0 N–H and O–H groups in total. The Labute approximate surface area is 105 Å². The predicted molar refractivity (Wildman–Crippen MR) is 66.4 cm³/mol. The molecular weight excluding hydrogens is 236 g/mol. The first kappa shape index (κ1) is 11.0. The number of hydrogen-bond donors (Lipinski definition) is 0. The van der Waals surface area contributed by atoms with E-state index >= 15 is 0 Å². The topological polar surface area (TPSA) is 43.1 Å². The number of aromatic nitrogens is 4. The van der Waals surface area contributed by atoms with Crippen LogP contribution in [0.25, 0.3) is 5.78 Å². The van der Waals surface area contributed by atoms with Crippen LogP contribution in [-0.2, 0) is 0 Å². The zero-order chi connectivity index (χ0) is 11.8. The molecule has 5 heteroatoms. The van der Waals surface area contributed by atoms with Crippen molar-refractivity contribution in [3.8, 4) is 0 Å². The van der Waals surface area contributed by atoms with E-state index in [0.29, 0.717) is 16.8 Å². The molecule has 1 aliphatic rings. The van der Waals surface area contributed by atoms with Gasteiger partial charge >= 0.3 is 0 Å². The Morgan fingerprint density at radius 2 is 2.00 bits per heavy atom. The van der Waals surface area contributed by atoms with Crippen LogP contribution in [0.3, 0.4) is 0 Å². The van der Waals surface area contributed by atoms with Crippen molar-refractivity contribution >= 4 is 17.4 Å². The lowest BCUT2D eigenvalue weighted by atomic mass is 9.89. The Bertz CT molecular complexity index is 543. The number of hydrogen-bond acceptors (Lipinski definition) is 3. The van der Waals surface area contributed by atoms with E-state index in [0.717, 1.165) is 11.5 Å². The van der Waals surface area contributed by atoms with Gasteiger partial charge in [0.15, 0.2) is 5.82 Å². The van der Waals surface area contributed by atoms with Gasteiger partial charge in [0.05, 0.1) is 0 Å². The fourth-order valence-corrected chi connectivity index (χ4v) is 2.76. The summed E-state index contributed by atoms with van der Waals surface area (Å²) >= 11 is 6.14. The van der Waals surface area contributed by atoms with Crippen LogP contribution in [0, 0.1) is 6.92 Å². The standard InChI is InChI=1S/C12H15ClN4/c1-8-7-10(13)17-12(14-8)15-11(16-17)9-5-3-2-4-6-9/h7,9H,2-6H2,1H3. The summed E-state index contributed by atoms with van der Waals surface area (Å²) in [6.45, 7) is 1.92. The van der Waals surface area contributed by atoms with Gasteiger partial charge in [-0.2, -0.15) is 9.50 Å². The Kier molecular flexibility index (Phi) is 2.74. The zero-order valence-corrected chi connectivity index (χ0v) is 10.6. The summed E-state index contributed by atoms with van der Waals surface area (Å²) < 4.78 is 1.64. The molecule has 90 valence electrons. The number of halogens is 1. The second-order valence-corrected chi connectivity index (χ2v) is 5.12. The average Bonchev–Trinajstić information content (AvgIpc) is 2.74. The normalized spacial score (nSPS) is 17.8. The summed E-state index contributed by atoms with van der Waals surface area (Å²) in [5.41, 5.74) is 0.880. The monoisotopic (exact) mass is 250 g/mol. The summed E-state index contributed by atoms with van der Waals surface area (Å²) in [4.78, 5) is 8.87. The molecule has 2 aromatic rings. The minimum atomic E-state index is 0.488. The second-order valence-electron chi connectivity index (χ2n) is 4.74. The first-order valence-electron chi connectivity index (χ1n) is 6.14. The van der Waals surface area contributed by atoms with Crippen LogP contribution in [0.1, 0.15) is 49.5 Å². The van der Waals surface area contributed by atoms with Gasteiger partial charge in [-0.15, -0.1) is 5.10 Å². The van der Waals surface area contributed by atoms with E-state index in [4.69, 9.17) is 11.6 Å². The van der Waals surface area contributed by atoms with Crippen molar-refractivity contribution in [2.75, 3.05) is 0 Å². The van der Waals surface area contributed by atoms with Crippen LogP contribution in [0.4, 0.5) is 0 Å². The van der Waals surface area contributed by atoms with Crippen molar-refractivity contribution in [2.45, 2.75) is 44.9 Å². The predicted octanol–water partition coefficient (Wildman–Crippen LogP) is 3.13. The molecule has 0 aliphatic heterocycles. The van der Waals surface area contributed by atoms with Gasteiger partial charge in [-0.3, -0.25) is 0 Å². The molecule has 0 bridgehead atoms. The summed E-state index contributed by atoms with van der Waals surface area (Å²) in [5.74, 6) is 2.02. The SMILES string of the molecule is Cc1cc(Cl)n2nc(C3CCCCC3)nc2n1. The highest BCUT2D eigenvalue weighted by atomic mass is 35.5. The van der Waals surface area contributed by atoms with Gasteiger partial charge in [-0.05, 0) is 25.8 Å². The molecule has 1 fully saturated rings. The number of aryl methyl sites for hydroxylation is 1. The average molecular weight is 251 g/mol. The van der Waals surface area contributed by atoms with Crippen molar-refractivity contribution in [2.24, 2.45) is 0 Å². The number of rotatable bonds is 1. The van der Waals surface area contributed by atoms with E-state index in [1.54, 1.807) is 4.52 Å². The molecule has 1 aliphatic carbocycles. The highest BCUT2D eigenvalue weighted by molar-refractivity contribution is 6.29. The van der Waals surface area contributed by atoms with E-state index in [1.807, 2.05) is 13.0 Å². The lowest BCUT2D eigenvalue weighted by molar-refractivity contribution is 0.429. The Morgan fingerprint density at radius 3 is 2.76 bits per heavy atom. The minimum Gasteiger partial charge on any atom is -0.216 e. The van der Waals surface area contributed by atoms with Gasteiger partial charge < -0.3 is 0 Å². The van der Waals surface area contributed by atoms with Crippen LogP contribution in [-0.4, -0.2) is 19.6 Å². The molecule has 0 radical (unpaired) electrons. The van der Waals surface area contributed by atoms with Gasteiger partial charge in [-0.1, -0.05) is 30.9 Å². The third-order valence-corrected chi connectivity index (χ3v) is 3.65. The maximum atomic E-state index is 6.14. The molecule has 1 saturated carbocycles. The van der Waals surface area contributed by atoms with Gasteiger partial charge in [0.25, 0.3) is 5.78 Å². The Hall–Kier alpha value is -1.16. The quantitative estimate of drug-likeness (QED) is 0.731. The smallest absolute Gasteiger partial charge is 0.216 e. The molecular formula is C12H15ClN4. The molecule has 2 aromatic heterocycles. The molecule has 0 unspecified atom stereocenters. The molecule has 0 spiro atoms. The van der Waals surface area contributed by atoms with Gasteiger partial charge in [0.2, 0.25) is 0 Å². The largest absolute Gasteiger partial charge is 0.254 e. The van der Waals surface area contributed by atoms with Crippen molar-refractivity contribution in [1.82, 2.24) is 19.6 Å². The summed E-state index contributed by atoms with van der Waals surface area (Å²) in [6.07, 6.45) is 6.27. The maximum absolute atomic E-state index is 6.14. The van der Waals surface area contributed by atoms with Crippen LogP contribution >= 0.6 is 11.6 Å². The zero-order valence-electron chi connectivity index (χ0n) is 9.86. The van der Waals surface area contributed by atoms with E-state index < -0.39 is 0 Å². The van der Waals surface area contributed by atoms with Gasteiger partial charge in [0.1, 0.15) is 5.15 Å². The van der Waals surface area contributed by atoms with Crippen LogP contribution in [0.5, 0.6) is 0 Å². The van der Waals surface area contributed by atoms with E-state index in [-0.39, 0.29) is 0 Å². The molecule has 17 heavy (non-hydrogen) atoms. The summed E-state index contributed by atoms with van der Waals surface area (Å²) in [6, 6.07) is 1.81. The van der Waals surface area contributed by atoms with Crippen LogP contribution < -0.4 is 0 Å². The fourth-order valence-electron chi connectivity index (χ4n) is 2.49. The first-order valence-corrected chi connectivity index (χ1v) is 6.51. The molecule has 0 saturated heterocycles. The highest BCUT2D eigenvalue weighted by Crippen LogP contribution is 2.31. The van der Waals surface area contributed by atoms with E-state index in [9.17, 15) is 0 Å². The van der Waals surface area contributed by atoms with Gasteiger partial charge in [0, 0.05) is 11.6 Å². The third-order valence-electron chi connectivity index (χ3n) is 3.38. The Balaban J connectivity index is 2.03. The molecule has 4 nitrogen and oxygen atoms in total. The molecule has 0 aromatic carbocycles. The summed E-state index contributed by atoms with van der Waals surface area (Å²) in [5, 5.41) is 5.07. The lowest BCUT2D eigenvalue weighted by Crippen LogP contribution is -2.06. The summed E-state index contributed by atoms with van der Waals surface area (Å²) in [7, 11) is 0. The van der Waals surface area contributed by atoms with Gasteiger partial charge in [-0.25, -0.2) is 4.98 Å². The van der Waals surface area contributed by atoms with Crippen LogP contribution in [0.2, 0.25) is 5.15 Å². The molecule has 0 amide bonds. The molecule has 2 heterocycles. The second kappa shape index (κ2) is 4.26. The number of fused-ring (bicyclic) bond motifs is 1. The molecule has 0 atom stereocenters. The third kappa shape index (κ3) is 2.02. The van der Waals surface area contributed by atoms with Crippen molar-refractivity contribution in [1.29, 1.82) is 0 Å². The maximum Gasteiger partial charge on any atom is 0.254 e. The van der Waals surface area contributed by atoms with E-state index in [2.05, 4.69) is 15.1 Å². The lowest BCUT2D eigenvalue weighted by Gasteiger charge is -2.17. The Morgan fingerprint density at radius 1 is 1.24 bits per heavy atom. The number of nitrogens with zero attached hydrogens (tertiary/aromatic N) is 4.